The molecule has 1 heterocycles. The fourth-order valence-corrected chi connectivity index (χ4v) is 2.27. The van der Waals surface area contributed by atoms with Crippen LogP contribution in [0.2, 0.25) is 0 Å². The summed E-state index contributed by atoms with van der Waals surface area (Å²) in [4.78, 5) is 0. The van der Waals surface area contributed by atoms with Crippen LogP contribution in [0.4, 0.5) is 0 Å². The monoisotopic (exact) mass is 222 g/mol. The van der Waals surface area contributed by atoms with Crippen LogP contribution in [0.15, 0.2) is 18.2 Å². The smallest absolute Gasteiger partial charge is 0.162 e. The van der Waals surface area contributed by atoms with E-state index < -0.39 is 0 Å². The van der Waals surface area contributed by atoms with Crippen molar-refractivity contribution in [1.82, 2.24) is 5.32 Å². The first-order chi connectivity index (χ1) is 7.70. The van der Waals surface area contributed by atoms with E-state index in [0.29, 0.717) is 11.5 Å². The minimum atomic E-state index is -0.200. The lowest BCUT2D eigenvalue weighted by Gasteiger charge is -2.28. The van der Waals surface area contributed by atoms with E-state index in [9.17, 15) is 10.2 Å². The van der Waals surface area contributed by atoms with Crippen molar-refractivity contribution in [2.24, 2.45) is 11.7 Å². The van der Waals surface area contributed by atoms with Gasteiger partial charge in [-0.15, -0.1) is 0 Å². The molecular formula is C12H18N2O2. The third-order valence-electron chi connectivity index (χ3n) is 3.30. The van der Waals surface area contributed by atoms with Crippen LogP contribution in [-0.2, 0) is 0 Å². The van der Waals surface area contributed by atoms with E-state index in [1.165, 1.54) is 6.07 Å². The van der Waals surface area contributed by atoms with Crippen molar-refractivity contribution < 1.29 is 10.2 Å². The number of aromatic hydroxyl groups is 2. The summed E-state index contributed by atoms with van der Waals surface area (Å²) < 4.78 is 0. The van der Waals surface area contributed by atoms with Crippen molar-refractivity contribution in [3.05, 3.63) is 23.8 Å². The Hall–Kier alpha value is -1.26. The number of rotatable bonds is 2. The molecular weight excluding hydrogens is 204 g/mol. The standard InChI is InChI=1S/C12H18N2O2/c13-11(8-4-6-14-7-5-8)9-2-1-3-10(15)12(9)16/h1-3,8,11,14-16H,4-7,13H2/t11-/m1/s1. The zero-order chi connectivity index (χ0) is 11.5. The largest absolute Gasteiger partial charge is 0.504 e. The topological polar surface area (TPSA) is 78.5 Å². The minimum Gasteiger partial charge on any atom is -0.504 e. The van der Waals surface area contributed by atoms with Gasteiger partial charge in [0.1, 0.15) is 0 Å². The van der Waals surface area contributed by atoms with Crippen molar-refractivity contribution in [2.45, 2.75) is 18.9 Å². The molecule has 1 aromatic rings. The van der Waals surface area contributed by atoms with Crippen molar-refractivity contribution in [1.29, 1.82) is 0 Å². The molecule has 1 aliphatic rings. The molecule has 0 aromatic heterocycles. The quantitative estimate of drug-likeness (QED) is 0.565. The first-order valence-corrected chi connectivity index (χ1v) is 5.67. The van der Waals surface area contributed by atoms with Crippen LogP contribution in [0, 0.1) is 5.92 Å². The van der Waals surface area contributed by atoms with Gasteiger partial charge in [0.05, 0.1) is 0 Å². The van der Waals surface area contributed by atoms with Crippen molar-refractivity contribution in [2.75, 3.05) is 13.1 Å². The zero-order valence-electron chi connectivity index (χ0n) is 9.19. The molecule has 1 aromatic carbocycles. The van der Waals surface area contributed by atoms with E-state index in [-0.39, 0.29) is 17.5 Å². The van der Waals surface area contributed by atoms with Gasteiger partial charge in [-0.2, -0.15) is 0 Å². The number of phenolic OH excluding ortho intramolecular Hbond substituents is 2. The van der Waals surface area contributed by atoms with E-state index >= 15 is 0 Å². The van der Waals surface area contributed by atoms with E-state index in [1.54, 1.807) is 12.1 Å². The highest BCUT2D eigenvalue weighted by Crippen LogP contribution is 2.36. The molecule has 1 saturated heterocycles. The Kier molecular flexibility index (Phi) is 3.31. The number of nitrogens with one attached hydrogen (secondary N) is 1. The molecule has 0 radical (unpaired) electrons. The molecule has 4 nitrogen and oxygen atoms in total. The average Bonchev–Trinajstić information content (AvgIpc) is 2.33. The van der Waals surface area contributed by atoms with Crippen LogP contribution in [0.25, 0.3) is 0 Å². The summed E-state index contributed by atoms with van der Waals surface area (Å²) in [6, 6.07) is 4.76. The fourth-order valence-electron chi connectivity index (χ4n) is 2.27. The Morgan fingerprint density at radius 1 is 1.25 bits per heavy atom. The normalized spacial score (nSPS) is 19.6. The molecule has 88 valence electrons. The molecule has 0 aliphatic carbocycles. The third kappa shape index (κ3) is 2.13. The second-order valence-corrected chi connectivity index (χ2v) is 4.33. The molecule has 4 heteroatoms. The highest BCUT2D eigenvalue weighted by atomic mass is 16.3. The lowest BCUT2D eigenvalue weighted by atomic mass is 9.86. The second-order valence-electron chi connectivity index (χ2n) is 4.33. The van der Waals surface area contributed by atoms with Gasteiger partial charge in [-0.3, -0.25) is 0 Å². The van der Waals surface area contributed by atoms with Gasteiger partial charge in [-0.25, -0.2) is 0 Å². The summed E-state index contributed by atoms with van der Waals surface area (Å²) in [7, 11) is 0. The Bertz CT molecular complexity index is 362. The zero-order valence-corrected chi connectivity index (χ0v) is 9.19. The minimum absolute atomic E-state index is 0.0754. The van der Waals surface area contributed by atoms with E-state index in [1.807, 2.05) is 0 Å². The van der Waals surface area contributed by atoms with E-state index in [0.717, 1.165) is 25.9 Å². The van der Waals surface area contributed by atoms with E-state index in [4.69, 9.17) is 5.73 Å². The highest BCUT2D eigenvalue weighted by Gasteiger charge is 2.24. The van der Waals surface area contributed by atoms with Crippen LogP contribution >= 0.6 is 0 Å². The number of hydrogen-bond acceptors (Lipinski definition) is 4. The lowest BCUT2D eigenvalue weighted by molar-refractivity contribution is 0.312. The number of piperidine rings is 1. The summed E-state index contributed by atoms with van der Waals surface area (Å²) in [5.41, 5.74) is 6.79. The molecule has 0 bridgehead atoms. The number of benzene rings is 1. The molecule has 0 amide bonds. The van der Waals surface area contributed by atoms with Crippen molar-refractivity contribution in [3.8, 4) is 11.5 Å². The lowest BCUT2D eigenvalue weighted by Crippen LogP contribution is -2.33. The number of nitrogens with two attached hydrogens (primary N) is 1. The Morgan fingerprint density at radius 3 is 2.62 bits per heavy atom. The summed E-state index contributed by atoms with van der Waals surface area (Å²) >= 11 is 0. The maximum Gasteiger partial charge on any atom is 0.162 e. The maximum atomic E-state index is 9.75. The first-order valence-electron chi connectivity index (χ1n) is 5.67. The van der Waals surface area contributed by atoms with Crippen molar-refractivity contribution in [3.63, 3.8) is 0 Å². The highest BCUT2D eigenvalue weighted by molar-refractivity contribution is 5.46. The summed E-state index contributed by atoms with van der Waals surface area (Å²) in [6.45, 7) is 1.94. The Morgan fingerprint density at radius 2 is 1.94 bits per heavy atom. The maximum absolute atomic E-state index is 9.75. The number of para-hydroxylation sites is 1. The molecule has 1 atom stereocenters. The van der Waals surface area contributed by atoms with Crippen LogP contribution < -0.4 is 11.1 Å². The number of phenols is 2. The van der Waals surface area contributed by atoms with Gasteiger partial charge >= 0.3 is 0 Å². The van der Waals surface area contributed by atoms with Crippen molar-refractivity contribution >= 4 is 0 Å². The van der Waals surface area contributed by atoms with Crippen LogP contribution in [-0.4, -0.2) is 23.3 Å². The third-order valence-corrected chi connectivity index (χ3v) is 3.30. The molecule has 1 fully saturated rings. The predicted octanol–water partition coefficient (Wildman–Crippen LogP) is 1.10. The average molecular weight is 222 g/mol. The molecule has 5 N–H and O–H groups in total. The summed E-state index contributed by atoms with van der Waals surface area (Å²) in [5, 5.41) is 22.5. The molecule has 0 spiro atoms. The van der Waals surface area contributed by atoms with Gasteiger partial charge in [-0.05, 0) is 37.9 Å². The Labute approximate surface area is 95.1 Å². The molecule has 16 heavy (non-hydrogen) atoms. The number of hydrogen-bond donors (Lipinski definition) is 4. The second kappa shape index (κ2) is 4.72. The van der Waals surface area contributed by atoms with Crippen LogP contribution in [0.3, 0.4) is 0 Å². The van der Waals surface area contributed by atoms with Gasteiger partial charge in [0, 0.05) is 11.6 Å². The SMILES string of the molecule is N[C@@H](c1cccc(O)c1O)C1CCNCC1. The van der Waals surface area contributed by atoms with Gasteiger partial charge in [0.25, 0.3) is 0 Å². The molecule has 1 aliphatic heterocycles. The molecule has 0 unspecified atom stereocenters. The fraction of sp³-hybridized carbons (Fsp3) is 0.500. The van der Waals surface area contributed by atoms with Crippen LogP contribution in [0.1, 0.15) is 24.4 Å². The molecule has 0 saturated carbocycles. The van der Waals surface area contributed by atoms with Crippen LogP contribution in [0.5, 0.6) is 11.5 Å². The summed E-state index contributed by atoms with van der Waals surface area (Å²) in [6.07, 6.45) is 2.02. The van der Waals surface area contributed by atoms with Gasteiger partial charge < -0.3 is 21.3 Å². The predicted molar refractivity (Wildman–Crippen MR) is 62.3 cm³/mol. The Balaban J connectivity index is 2.19. The van der Waals surface area contributed by atoms with Gasteiger partial charge in [0.15, 0.2) is 11.5 Å². The first kappa shape index (κ1) is 11.2. The summed E-state index contributed by atoms with van der Waals surface area (Å²) in [5.74, 6) is 0.198. The molecule has 2 rings (SSSR count). The van der Waals surface area contributed by atoms with Gasteiger partial charge in [0.2, 0.25) is 0 Å². The van der Waals surface area contributed by atoms with Gasteiger partial charge in [-0.1, -0.05) is 12.1 Å². The van der Waals surface area contributed by atoms with E-state index in [2.05, 4.69) is 5.32 Å².